The largest absolute Gasteiger partial charge is 0.481 e. The third kappa shape index (κ3) is 11.6. The molecule has 7 heterocycles. The van der Waals surface area contributed by atoms with Crippen LogP contribution < -0.4 is 11.1 Å². The van der Waals surface area contributed by atoms with Crippen LogP contribution in [0.5, 0.6) is 0 Å². The van der Waals surface area contributed by atoms with E-state index in [0.717, 1.165) is 104 Å². The molecule has 60 heavy (non-hydrogen) atoms. The third-order valence-corrected chi connectivity index (χ3v) is 13.5. The number of nitrogens with one attached hydrogen (secondary N) is 1. The molecule has 4 atom stereocenters. The molecule has 0 saturated carbocycles. The van der Waals surface area contributed by atoms with Gasteiger partial charge in [0.25, 0.3) is 17.8 Å². The fourth-order valence-corrected chi connectivity index (χ4v) is 10.6. The van der Waals surface area contributed by atoms with Crippen molar-refractivity contribution in [2.45, 2.75) is 127 Å². The monoisotopic (exact) mass is 840 g/mol. The van der Waals surface area contributed by atoms with Gasteiger partial charge in [0.2, 0.25) is 0 Å². The molecule has 15 heteroatoms. The average Bonchev–Trinajstić information content (AvgIpc) is 3.87. The molecule has 0 radical (unpaired) electrons. The van der Waals surface area contributed by atoms with E-state index in [0.29, 0.717) is 30.4 Å². The van der Waals surface area contributed by atoms with E-state index < -0.39 is 17.8 Å². The molecule has 0 unspecified atom stereocenters. The number of hydrogen-bond donors (Lipinski definition) is 3. The fraction of sp³-hybridized carbons (Fsp3) is 0.667. The summed E-state index contributed by atoms with van der Waals surface area (Å²) in [4.78, 5) is 20.5. The Hall–Kier alpha value is -3.63. The quantitative estimate of drug-likeness (QED) is 0.336. The van der Waals surface area contributed by atoms with Crippen LogP contribution in [-0.2, 0) is 17.6 Å². The van der Waals surface area contributed by atoms with Gasteiger partial charge < -0.3 is 21.1 Å². The first-order valence-electron chi connectivity index (χ1n) is 22.0. The van der Waals surface area contributed by atoms with E-state index in [1.807, 2.05) is 4.90 Å². The van der Waals surface area contributed by atoms with Gasteiger partial charge in [0.05, 0.1) is 19.5 Å². The van der Waals surface area contributed by atoms with Gasteiger partial charge in [-0.3, -0.25) is 24.4 Å². The molecule has 9 rings (SSSR count). The number of piperidine rings is 2. The zero-order chi connectivity index (χ0) is 42.6. The Morgan fingerprint density at radius 3 is 1.57 bits per heavy atom. The number of hydrogen-bond acceptors (Lipinski definition) is 10. The van der Waals surface area contributed by atoms with Gasteiger partial charge in [0.15, 0.2) is 0 Å². The normalized spacial score (nSPS) is 28.8. The summed E-state index contributed by atoms with van der Waals surface area (Å²) in [5.74, 6) is -4.36. The maximum atomic E-state index is 14.2. The molecule has 2 aromatic rings. The summed E-state index contributed by atoms with van der Waals surface area (Å²) in [7, 11) is 0. The number of carbonyl (C=O) groups is 1. The molecule has 0 bridgehead atoms. The number of fused-ring (bicyclic) bond motifs is 2. The number of carboxylic acids is 1. The van der Waals surface area contributed by atoms with Crippen LogP contribution >= 0.6 is 0 Å². The van der Waals surface area contributed by atoms with Gasteiger partial charge in [-0.2, -0.15) is 0 Å². The predicted octanol–water partition coefficient (Wildman–Crippen LogP) is 5.24. The van der Waals surface area contributed by atoms with Crippen LogP contribution in [0.3, 0.4) is 0 Å². The van der Waals surface area contributed by atoms with Crippen molar-refractivity contribution >= 4 is 17.6 Å². The minimum atomic E-state index is -2.56. The van der Waals surface area contributed by atoms with E-state index >= 15 is 0 Å². The highest BCUT2D eigenvalue weighted by molar-refractivity contribution is 6.04. The van der Waals surface area contributed by atoms with E-state index in [1.54, 1.807) is 0 Å². The van der Waals surface area contributed by atoms with E-state index in [4.69, 9.17) is 15.6 Å². The van der Waals surface area contributed by atoms with Crippen LogP contribution in [0.15, 0.2) is 58.7 Å². The SMILES string of the molecule is CC(=O)O.Cc1ccc(C[C@H]2CN3CC(F)(F)C[C@H]3CN2C2CCN(C3=NN=C(N)C3)CC2)cc1.Cc1ccc(C[C@H]2CN3CC(F)(F)C[C@H]3CN2C2CCNCC2)cc1. The third-order valence-electron chi connectivity index (χ3n) is 13.5. The highest BCUT2D eigenvalue weighted by Gasteiger charge is 2.51. The smallest absolute Gasteiger partial charge is 0.300 e. The van der Waals surface area contributed by atoms with Crippen LogP contribution in [0, 0.1) is 13.8 Å². The molecule has 0 aliphatic carbocycles. The van der Waals surface area contributed by atoms with Crippen LogP contribution in [0.4, 0.5) is 17.6 Å². The number of benzene rings is 2. The van der Waals surface area contributed by atoms with Crippen LogP contribution in [-0.4, -0.2) is 161 Å². The lowest BCUT2D eigenvalue weighted by Crippen LogP contribution is -2.61. The van der Waals surface area contributed by atoms with Crippen molar-refractivity contribution in [3.8, 4) is 0 Å². The van der Waals surface area contributed by atoms with Gasteiger partial charge in [-0.1, -0.05) is 59.7 Å². The summed E-state index contributed by atoms with van der Waals surface area (Å²) in [5, 5.41) is 19.0. The second-order valence-electron chi connectivity index (χ2n) is 18.4. The van der Waals surface area contributed by atoms with Crippen molar-refractivity contribution < 1.29 is 27.5 Å². The molecular weight excluding hydrogens is 775 g/mol. The standard InChI is InChI=1S/C23H32F2N6.C20H29F2N3.C2H4O2/c1-16-2-4-17(5-3-16)10-19-13-30-15-23(24,25)12-20(30)14-31(19)18-6-8-29(9-7-18)22-11-21(26)27-28-22;1-15-2-4-16(5-3-15)10-18-12-24-14-20(21,22)11-19(24)13-25(18)17-6-8-23-9-7-17;1-2(3)4/h2-5,18-20H,6-15H2,1H3,(H2,26,27);2-5,17-19,23H,6-14H2,1H3;1H3,(H,3,4)/t19-,20-;18-,19-;/m00./s1. The van der Waals surface area contributed by atoms with Crippen LogP contribution in [0.2, 0.25) is 0 Å². The molecular formula is C45H65F4N9O2. The van der Waals surface area contributed by atoms with Gasteiger partial charge >= 0.3 is 0 Å². The molecule has 0 spiro atoms. The first-order chi connectivity index (χ1) is 28.6. The van der Waals surface area contributed by atoms with Crippen molar-refractivity contribution in [3.63, 3.8) is 0 Å². The first kappa shape index (κ1) is 44.4. The summed E-state index contributed by atoms with van der Waals surface area (Å²) >= 11 is 0. The molecule has 11 nitrogen and oxygen atoms in total. The van der Waals surface area contributed by atoms with E-state index in [9.17, 15) is 17.6 Å². The number of rotatable bonds is 6. The number of carboxylic acid groups (broad SMARTS) is 1. The molecule has 2 aromatic carbocycles. The minimum Gasteiger partial charge on any atom is -0.481 e. The van der Waals surface area contributed by atoms with Crippen molar-refractivity contribution in [1.82, 2.24) is 29.8 Å². The molecule has 7 aliphatic heterocycles. The Bertz CT molecular complexity index is 1790. The summed E-state index contributed by atoms with van der Waals surface area (Å²) in [6.45, 7) is 12.1. The van der Waals surface area contributed by atoms with E-state index in [-0.39, 0.29) is 44.1 Å². The number of nitrogens with two attached hydrogens (primary N) is 1. The highest BCUT2D eigenvalue weighted by Crippen LogP contribution is 2.39. The second kappa shape index (κ2) is 19.2. The molecule has 7 aliphatic rings. The number of aliphatic carboxylic acids is 1. The number of nitrogens with zero attached hydrogens (tertiary/aromatic N) is 7. The molecule has 0 amide bonds. The Morgan fingerprint density at radius 1 is 0.717 bits per heavy atom. The highest BCUT2D eigenvalue weighted by atomic mass is 19.3. The Labute approximate surface area is 353 Å². The molecule has 4 N–H and O–H groups in total. The first-order valence-corrected chi connectivity index (χ1v) is 22.0. The summed E-state index contributed by atoms with van der Waals surface area (Å²) in [5.41, 5.74) is 10.9. The lowest BCUT2D eigenvalue weighted by atomic mass is 9.93. The Balaban J connectivity index is 0.000000170. The number of likely N-dealkylation sites (tertiary alicyclic amines) is 1. The molecule has 6 saturated heterocycles. The number of aryl methyl sites for hydroxylation is 2. The Kier molecular flexibility index (Phi) is 14.2. The van der Waals surface area contributed by atoms with Gasteiger partial charge in [-0.25, -0.2) is 17.6 Å². The van der Waals surface area contributed by atoms with Gasteiger partial charge in [-0.15, -0.1) is 10.2 Å². The van der Waals surface area contributed by atoms with Crippen LogP contribution in [0.1, 0.15) is 74.1 Å². The lowest BCUT2D eigenvalue weighted by Gasteiger charge is -2.49. The summed E-state index contributed by atoms with van der Waals surface area (Å²) in [6.07, 6.45) is 6.83. The lowest BCUT2D eigenvalue weighted by molar-refractivity contribution is -0.134. The zero-order valence-corrected chi connectivity index (χ0v) is 35.6. The maximum absolute atomic E-state index is 14.2. The predicted molar refractivity (Wildman–Crippen MR) is 228 cm³/mol. The molecule has 0 aromatic heterocycles. The van der Waals surface area contributed by atoms with Gasteiger partial charge in [0, 0.05) is 95.3 Å². The van der Waals surface area contributed by atoms with Crippen molar-refractivity contribution in [3.05, 3.63) is 70.8 Å². The number of halogens is 4. The van der Waals surface area contributed by atoms with Crippen LogP contribution in [0.25, 0.3) is 0 Å². The maximum Gasteiger partial charge on any atom is 0.300 e. The number of alkyl halides is 4. The number of piperazine rings is 2. The van der Waals surface area contributed by atoms with Gasteiger partial charge in [-0.05, 0) is 76.6 Å². The average molecular weight is 840 g/mol. The fourth-order valence-electron chi connectivity index (χ4n) is 10.6. The van der Waals surface area contributed by atoms with E-state index in [2.05, 4.69) is 97.5 Å². The minimum absolute atomic E-state index is 0.00693. The van der Waals surface area contributed by atoms with E-state index in [1.165, 1.54) is 22.3 Å². The Morgan fingerprint density at radius 2 is 1.15 bits per heavy atom. The number of amidine groups is 2. The zero-order valence-electron chi connectivity index (χ0n) is 35.6. The topological polar surface area (TPSA) is 116 Å². The van der Waals surface area contributed by atoms with Crippen molar-refractivity contribution in [2.24, 2.45) is 15.9 Å². The summed E-state index contributed by atoms with van der Waals surface area (Å²) < 4.78 is 56.2. The molecule has 6 fully saturated rings. The summed E-state index contributed by atoms with van der Waals surface area (Å²) in [6, 6.07) is 18.9. The van der Waals surface area contributed by atoms with Crippen molar-refractivity contribution in [2.75, 3.05) is 65.4 Å². The van der Waals surface area contributed by atoms with Crippen molar-refractivity contribution in [1.29, 1.82) is 0 Å². The van der Waals surface area contributed by atoms with Gasteiger partial charge in [0.1, 0.15) is 11.7 Å². The molecule has 330 valence electrons. The second-order valence-corrected chi connectivity index (χ2v) is 18.4.